The second-order valence-corrected chi connectivity index (χ2v) is 6.64. The maximum atomic E-state index is 13.8. The van der Waals surface area contributed by atoms with Crippen LogP contribution in [0.3, 0.4) is 0 Å². The van der Waals surface area contributed by atoms with E-state index in [1.165, 1.54) is 13.2 Å². The van der Waals surface area contributed by atoms with Crippen LogP contribution in [0.15, 0.2) is 53.7 Å². The number of nitrogens with zero attached hydrogens (tertiary/aromatic N) is 2. The zero-order valence-corrected chi connectivity index (χ0v) is 15.8. The first kappa shape index (κ1) is 19.6. The van der Waals surface area contributed by atoms with Gasteiger partial charge in [-0.1, -0.05) is 36.0 Å². The van der Waals surface area contributed by atoms with Crippen molar-refractivity contribution >= 4 is 23.6 Å². The summed E-state index contributed by atoms with van der Waals surface area (Å²) in [6.45, 7) is 0.329. The van der Waals surface area contributed by atoms with Crippen LogP contribution in [0.5, 0.6) is 0 Å². The Kier molecular flexibility index (Phi) is 6.38. The van der Waals surface area contributed by atoms with Gasteiger partial charge in [0.15, 0.2) is 5.82 Å². The van der Waals surface area contributed by atoms with Crippen molar-refractivity contribution in [2.24, 2.45) is 0 Å². The third-order valence-corrected chi connectivity index (χ3v) is 4.64. The van der Waals surface area contributed by atoms with Gasteiger partial charge in [0, 0.05) is 6.54 Å². The largest absolute Gasteiger partial charge is 0.465 e. The molecule has 2 N–H and O–H groups in total. The first-order valence-corrected chi connectivity index (χ1v) is 9.29. The van der Waals surface area contributed by atoms with Crippen LogP contribution in [0.1, 0.15) is 15.9 Å². The number of halogens is 1. The molecule has 28 heavy (non-hydrogen) atoms. The maximum absolute atomic E-state index is 13.8. The van der Waals surface area contributed by atoms with Crippen molar-refractivity contribution in [1.82, 2.24) is 20.5 Å². The van der Waals surface area contributed by atoms with Gasteiger partial charge >= 0.3 is 5.97 Å². The number of thioether (sulfide) groups is 1. The highest BCUT2D eigenvalue weighted by Crippen LogP contribution is 2.21. The molecule has 0 aliphatic rings. The fourth-order valence-corrected chi connectivity index (χ4v) is 2.97. The molecule has 0 spiro atoms. The van der Waals surface area contributed by atoms with Crippen molar-refractivity contribution < 1.29 is 18.7 Å². The number of aromatic nitrogens is 3. The lowest BCUT2D eigenvalue weighted by Crippen LogP contribution is -2.24. The normalized spacial score (nSPS) is 10.5. The molecule has 0 atom stereocenters. The summed E-state index contributed by atoms with van der Waals surface area (Å²) < 4.78 is 18.4. The predicted octanol–water partition coefficient (Wildman–Crippen LogP) is 2.81. The second kappa shape index (κ2) is 9.14. The predicted molar refractivity (Wildman–Crippen MR) is 102 cm³/mol. The van der Waals surface area contributed by atoms with Gasteiger partial charge in [-0.2, -0.15) is 0 Å². The number of hydrogen-bond donors (Lipinski definition) is 2. The lowest BCUT2D eigenvalue weighted by molar-refractivity contribution is -0.118. The van der Waals surface area contributed by atoms with Crippen LogP contribution in [0.25, 0.3) is 11.4 Å². The minimum atomic E-state index is -0.409. The molecule has 144 valence electrons. The van der Waals surface area contributed by atoms with E-state index in [9.17, 15) is 14.0 Å². The molecule has 0 saturated carbocycles. The van der Waals surface area contributed by atoms with Crippen LogP contribution < -0.4 is 5.32 Å². The van der Waals surface area contributed by atoms with Crippen molar-refractivity contribution in [3.05, 3.63) is 65.5 Å². The number of benzene rings is 2. The highest BCUT2D eigenvalue weighted by molar-refractivity contribution is 7.99. The number of esters is 1. The Balaban J connectivity index is 1.48. The topological polar surface area (TPSA) is 97.0 Å². The molecule has 0 radical (unpaired) electrons. The molecule has 0 bridgehead atoms. The minimum absolute atomic E-state index is 0.120. The SMILES string of the molecule is COC(=O)c1ccc(CNC(=O)CSc2n[nH]c(-c3ccccc3F)n2)cc1. The van der Waals surface area contributed by atoms with Crippen molar-refractivity contribution in [3.8, 4) is 11.4 Å². The fraction of sp³-hybridized carbons (Fsp3) is 0.158. The summed E-state index contributed by atoms with van der Waals surface area (Å²) in [5.74, 6) is -0.570. The minimum Gasteiger partial charge on any atom is -0.465 e. The zero-order chi connectivity index (χ0) is 19.9. The van der Waals surface area contributed by atoms with E-state index in [0.29, 0.717) is 28.7 Å². The number of hydrogen-bond acceptors (Lipinski definition) is 6. The molecule has 1 aromatic heterocycles. The van der Waals surface area contributed by atoms with E-state index in [2.05, 4.69) is 25.2 Å². The summed E-state index contributed by atoms with van der Waals surface area (Å²) in [6.07, 6.45) is 0. The molecule has 0 saturated heterocycles. The Morgan fingerprint density at radius 2 is 1.93 bits per heavy atom. The molecule has 1 heterocycles. The summed E-state index contributed by atoms with van der Waals surface area (Å²) in [4.78, 5) is 27.6. The maximum Gasteiger partial charge on any atom is 0.337 e. The van der Waals surface area contributed by atoms with E-state index in [1.807, 2.05) is 0 Å². The summed E-state index contributed by atoms with van der Waals surface area (Å²) in [5, 5.41) is 9.80. The lowest BCUT2D eigenvalue weighted by Gasteiger charge is -2.05. The van der Waals surface area contributed by atoms with Gasteiger partial charge in [-0.3, -0.25) is 9.89 Å². The van der Waals surface area contributed by atoms with Gasteiger partial charge in [-0.05, 0) is 29.8 Å². The van der Waals surface area contributed by atoms with Gasteiger partial charge < -0.3 is 10.1 Å². The quantitative estimate of drug-likeness (QED) is 0.468. The van der Waals surface area contributed by atoms with E-state index in [1.54, 1.807) is 42.5 Å². The summed E-state index contributed by atoms with van der Waals surface area (Å²) >= 11 is 1.15. The molecule has 9 heteroatoms. The van der Waals surface area contributed by atoms with Gasteiger partial charge in [0.2, 0.25) is 11.1 Å². The molecule has 2 aromatic carbocycles. The van der Waals surface area contributed by atoms with Gasteiger partial charge in [-0.25, -0.2) is 14.2 Å². The number of H-pyrrole nitrogens is 1. The number of aromatic amines is 1. The van der Waals surface area contributed by atoms with Crippen LogP contribution in [-0.4, -0.2) is 39.9 Å². The van der Waals surface area contributed by atoms with Crippen LogP contribution >= 0.6 is 11.8 Å². The Hall–Kier alpha value is -3.20. The monoisotopic (exact) mass is 400 g/mol. The van der Waals surface area contributed by atoms with Gasteiger partial charge in [-0.15, -0.1) is 5.10 Å². The Labute approximate surface area is 164 Å². The number of ether oxygens (including phenoxy) is 1. The molecule has 0 unspecified atom stereocenters. The lowest BCUT2D eigenvalue weighted by atomic mass is 10.1. The highest BCUT2D eigenvalue weighted by Gasteiger charge is 2.12. The Morgan fingerprint density at radius 3 is 2.64 bits per heavy atom. The number of methoxy groups -OCH3 is 1. The van der Waals surface area contributed by atoms with Gasteiger partial charge in [0.05, 0.1) is 24.0 Å². The number of rotatable bonds is 7. The Bertz CT molecular complexity index is 975. The van der Waals surface area contributed by atoms with Crippen molar-refractivity contribution in [2.75, 3.05) is 12.9 Å². The second-order valence-electron chi connectivity index (χ2n) is 5.70. The molecule has 0 aliphatic carbocycles. The van der Waals surface area contributed by atoms with E-state index in [4.69, 9.17) is 0 Å². The molecule has 0 fully saturated rings. The average molecular weight is 400 g/mol. The van der Waals surface area contributed by atoms with E-state index >= 15 is 0 Å². The fourth-order valence-electron chi connectivity index (χ4n) is 2.34. The number of carbonyl (C=O) groups excluding carboxylic acids is 2. The third kappa shape index (κ3) is 4.95. The highest BCUT2D eigenvalue weighted by atomic mass is 32.2. The van der Waals surface area contributed by atoms with Crippen LogP contribution in [0.2, 0.25) is 0 Å². The molecule has 7 nitrogen and oxygen atoms in total. The first-order valence-electron chi connectivity index (χ1n) is 8.31. The van der Waals surface area contributed by atoms with Crippen molar-refractivity contribution in [3.63, 3.8) is 0 Å². The van der Waals surface area contributed by atoms with Gasteiger partial charge in [0.1, 0.15) is 5.82 Å². The summed E-state index contributed by atoms with van der Waals surface area (Å²) in [5.41, 5.74) is 1.62. The number of nitrogens with one attached hydrogen (secondary N) is 2. The number of amides is 1. The van der Waals surface area contributed by atoms with Crippen LogP contribution in [0, 0.1) is 5.82 Å². The van der Waals surface area contributed by atoms with Crippen molar-refractivity contribution in [1.29, 1.82) is 0 Å². The third-order valence-electron chi connectivity index (χ3n) is 3.79. The Morgan fingerprint density at radius 1 is 1.18 bits per heavy atom. The molecule has 3 aromatic rings. The van der Waals surface area contributed by atoms with E-state index in [-0.39, 0.29) is 11.7 Å². The van der Waals surface area contributed by atoms with E-state index < -0.39 is 11.8 Å². The molecular weight excluding hydrogens is 383 g/mol. The smallest absolute Gasteiger partial charge is 0.337 e. The van der Waals surface area contributed by atoms with Crippen LogP contribution in [-0.2, 0) is 16.1 Å². The number of carbonyl (C=O) groups is 2. The molecule has 0 aliphatic heterocycles. The van der Waals surface area contributed by atoms with E-state index in [0.717, 1.165) is 17.3 Å². The zero-order valence-electron chi connectivity index (χ0n) is 14.9. The van der Waals surface area contributed by atoms with Gasteiger partial charge in [0.25, 0.3) is 0 Å². The first-order chi connectivity index (χ1) is 13.6. The van der Waals surface area contributed by atoms with Crippen molar-refractivity contribution in [2.45, 2.75) is 11.7 Å². The molecule has 3 rings (SSSR count). The summed E-state index contributed by atoms with van der Waals surface area (Å²) in [7, 11) is 1.32. The van der Waals surface area contributed by atoms with Crippen LogP contribution in [0.4, 0.5) is 4.39 Å². The standard InChI is InChI=1S/C19H17FN4O3S/c1-27-18(26)13-8-6-12(7-9-13)10-21-16(25)11-28-19-22-17(23-24-19)14-4-2-3-5-15(14)20/h2-9H,10-11H2,1H3,(H,21,25)(H,22,23,24). The summed E-state index contributed by atoms with van der Waals surface area (Å²) in [6, 6.07) is 13.0. The molecule has 1 amide bonds. The molecular formula is C19H17FN4O3S. The average Bonchev–Trinajstić information content (AvgIpc) is 3.19.